The summed E-state index contributed by atoms with van der Waals surface area (Å²) in [7, 11) is -3.32. The Kier molecular flexibility index (Phi) is 3.91. The van der Waals surface area contributed by atoms with Crippen LogP contribution in [0.15, 0.2) is 0 Å². The molecule has 0 aromatic heterocycles. The van der Waals surface area contributed by atoms with Crippen LogP contribution in [0.4, 0.5) is 0 Å². The summed E-state index contributed by atoms with van der Waals surface area (Å²) in [5.41, 5.74) is 4.66. The third-order valence-corrected chi connectivity index (χ3v) is 3.31. The Morgan fingerprint density at radius 1 is 1.55 bits per heavy atom. The van der Waals surface area contributed by atoms with E-state index in [-0.39, 0.29) is 12.3 Å². The molecular formula is C6H14N2O2P+. The van der Waals surface area contributed by atoms with Crippen molar-refractivity contribution in [2.75, 3.05) is 0 Å². The SMILES string of the molecule is CC(C)C(CC#N)[P+](N)(O)O. The van der Waals surface area contributed by atoms with Crippen molar-refractivity contribution >= 4 is 7.87 Å². The van der Waals surface area contributed by atoms with E-state index in [9.17, 15) is 0 Å². The molecule has 0 aliphatic rings. The summed E-state index contributed by atoms with van der Waals surface area (Å²) in [6.45, 7) is 3.63. The third kappa shape index (κ3) is 3.64. The van der Waals surface area contributed by atoms with Crippen molar-refractivity contribution < 1.29 is 9.79 Å². The highest BCUT2D eigenvalue weighted by atomic mass is 31.2. The summed E-state index contributed by atoms with van der Waals surface area (Å²) in [4.78, 5) is 18.1. The molecule has 0 bridgehead atoms. The van der Waals surface area contributed by atoms with Gasteiger partial charge in [0, 0.05) is 0 Å². The minimum Gasteiger partial charge on any atom is -0.202 e. The van der Waals surface area contributed by atoms with E-state index < -0.39 is 13.5 Å². The van der Waals surface area contributed by atoms with Crippen LogP contribution in [0.2, 0.25) is 0 Å². The van der Waals surface area contributed by atoms with Crippen molar-refractivity contribution in [3.8, 4) is 6.07 Å². The van der Waals surface area contributed by atoms with E-state index in [1.807, 2.05) is 19.9 Å². The van der Waals surface area contributed by atoms with E-state index in [2.05, 4.69) is 0 Å². The number of hydrogen-bond donors (Lipinski definition) is 3. The lowest BCUT2D eigenvalue weighted by Gasteiger charge is -2.18. The van der Waals surface area contributed by atoms with E-state index in [0.29, 0.717) is 0 Å². The summed E-state index contributed by atoms with van der Waals surface area (Å²) in [5, 5.41) is 8.34. The average molecular weight is 177 g/mol. The number of nitrogens with zero attached hydrogens (tertiary/aromatic N) is 1. The second-order valence-electron chi connectivity index (χ2n) is 2.87. The van der Waals surface area contributed by atoms with Crippen LogP contribution in [0, 0.1) is 17.2 Å². The molecule has 64 valence electrons. The second kappa shape index (κ2) is 3.99. The average Bonchev–Trinajstić information content (AvgIpc) is 1.79. The Bertz CT molecular complexity index is 159. The lowest BCUT2D eigenvalue weighted by Crippen LogP contribution is -2.24. The maximum Gasteiger partial charge on any atom is 0.341 e. The highest BCUT2D eigenvalue weighted by Gasteiger charge is 2.41. The predicted molar refractivity (Wildman–Crippen MR) is 44.4 cm³/mol. The number of hydrogen-bond acceptors (Lipinski definition) is 4. The summed E-state index contributed by atoms with van der Waals surface area (Å²) in [5.74, 6) is 0.0305. The minimum atomic E-state index is -3.32. The summed E-state index contributed by atoms with van der Waals surface area (Å²) >= 11 is 0. The van der Waals surface area contributed by atoms with E-state index in [1.165, 1.54) is 0 Å². The van der Waals surface area contributed by atoms with Gasteiger partial charge in [-0.25, -0.2) is 9.79 Å². The molecule has 0 fully saturated rings. The van der Waals surface area contributed by atoms with Gasteiger partial charge in [0.15, 0.2) is 5.66 Å². The maximum absolute atomic E-state index is 9.07. The Hall–Kier alpha value is -0.200. The summed E-state index contributed by atoms with van der Waals surface area (Å²) in [6, 6.07) is 1.88. The Labute approximate surface area is 67.2 Å². The molecule has 0 saturated carbocycles. The standard InChI is InChI=1S/C6H14N2O2P/c1-5(2)6(3-4-7)11(8,9)10/h5-6,9-10H,3,8H2,1-2H3/q+1. The Morgan fingerprint density at radius 2 is 2.00 bits per heavy atom. The molecule has 0 rings (SSSR count). The van der Waals surface area contributed by atoms with Gasteiger partial charge in [-0.2, -0.15) is 10.8 Å². The molecule has 0 aromatic rings. The molecule has 1 atom stereocenters. The van der Waals surface area contributed by atoms with Crippen molar-refractivity contribution in [3.05, 3.63) is 0 Å². The third-order valence-electron chi connectivity index (χ3n) is 1.56. The molecule has 5 heteroatoms. The monoisotopic (exact) mass is 177 g/mol. The van der Waals surface area contributed by atoms with Crippen LogP contribution in [0.3, 0.4) is 0 Å². The molecule has 1 unspecified atom stereocenters. The van der Waals surface area contributed by atoms with Gasteiger partial charge in [0.2, 0.25) is 0 Å². The van der Waals surface area contributed by atoms with Gasteiger partial charge in [0.05, 0.1) is 12.5 Å². The van der Waals surface area contributed by atoms with E-state index in [0.717, 1.165) is 0 Å². The first-order valence-electron chi connectivity index (χ1n) is 3.39. The fraction of sp³-hybridized carbons (Fsp3) is 0.833. The van der Waals surface area contributed by atoms with Gasteiger partial charge in [-0.15, -0.1) is 0 Å². The highest BCUT2D eigenvalue weighted by Crippen LogP contribution is 2.50. The van der Waals surface area contributed by atoms with Crippen molar-refractivity contribution in [2.24, 2.45) is 11.4 Å². The van der Waals surface area contributed by atoms with Gasteiger partial charge in [-0.1, -0.05) is 13.8 Å². The highest BCUT2D eigenvalue weighted by molar-refractivity contribution is 7.62. The smallest absolute Gasteiger partial charge is 0.202 e. The van der Waals surface area contributed by atoms with Crippen molar-refractivity contribution in [1.29, 1.82) is 5.26 Å². The van der Waals surface area contributed by atoms with Crippen LogP contribution < -0.4 is 5.50 Å². The molecule has 0 saturated heterocycles. The molecule has 11 heavy (non-hydrogen) atoms. The van der Waals surface area contributed by atoms with Crippen LogP contribution >= 0.6 is 7.87 Å². The Balaban J connectivity index is 4.25. The molecule has 0 radical (unpaired) electrons. The summed E-state index contributed by atoms with van der Waals surface area (Å²) < 4.78 is 0. The second-order valence-corrected chi connectivity index (χ2v) is 4.94. The zero-order valence-electron chi connectivity index (χ0n) is 6.73. The molecule has 0 heterocycles. The zero-order valence-corrected chi connectivity index (χ0v) is 7.62. The van der Waals surface area contributed by atoms with Crippen LogP contribution in [0.5, 0.6) is 0 Å². The van der Waals surface area contributed by atoms with E-state index in [1.54, 1.807) is 0 Å². The topological polar surface area (TPSA) is 90.3 Å². The van der Waals surface area contributed by atoms with Gasteiger partial charge in [-0.3, -0.25) is 0 Å². The zero-order chi connectivity index (χ0) is 9.07. The van der Waals surface area contributed by atoms with Gasteiger partial charge in [0.1, 0.15) is 0 Å². The lowest BCUT2D eigenvalue weighted by atomic mass is 10.1. The molecule has 0 amide bonds. The van der Waals surface area contributed by atoms with Crippen LogP contribution in [0.1, 0.15) is 20.3 Å². The van der Waals surface area contributed by atoms with Gasteiger partial charge >= 0.3 is 7.87 Å². The molecule has 0 aromatic carbocycles. The number of rotatable bonds is 3. The van der Waals surface area contributed by atoms with Gasteiger partial charge in [0.25, 0.3) is 0 Å². The predicted octanol–water partition coefficient (Wildman–Crippen LogP) is 0.631. The van der Waals surface area contributed by atoms with Crippen molar-refractivity contribution in [3.63, 3.8) is 0 Å². The van der Waals surface area contributed by atoms with Crippen LogP contribution in [-0.4, -0.2) is 15.4 Å². The fourth-order valence-corrected chi connectivity index (χ4v) is 2.13. The fourth-order valence-electron chi connectivity index (χ4n) is 0.902. The summed E-state index contributed by atoms with van der Waals surface area (Å²) in [6.07, 6.45) is 0.106. The first-order valence-corrected chi connectivity index (χ1v) is 5.22. The Morgan fingerprint density at radius 3 is 2.09 bits per heavy atom. The molecule has 4 N–H and O–H groups in total. The largest absolute Gasteiger partial charge is 0.341 e. The van der Waals surface area contributed by atoms with Crippen molar-refractivity contribution in [2.45, 2.75) is 25.9 Å². The lowest BCUT2D eigenvalue weighted by molar-refractivity contribution is 0.407. The van der Waals surface area contributed by atoms with Gasteiger partial charge < -0.3 is 0 Å². The molecule has 0 aliphatic carbocycles. The van der Waals surface area contributed by atoms with Crippen molar-refractivity contribution in [1.82, 2.24) is 0 Å². The van der Waals surface area contributed by atoms with Crippen LogP contribution in [0.25, 0.3) is 0 Å². The van der Waals surface area contributed by atoms with E-state index >= 15 is 0 Å². The van der Waals surface area contributed by atoms with Crippen LogP contribution in [-0.2, 0) is 0 Å². The normalized spacial score (nSPS) is 14.6. The first-order chi connectivity index (χ1) is 4.89. The number of nitrogens with two attached hydrogens (primary N) is 1. The molecular weight excluding hydrogens is 163 g/mol. The molecule has 4 nitrogen and oxygen atoms in total. The number of nitriles is 1. The first kappa shape index (κ1) is 10.8. The quantitative estimate of drug-likeness (QED) is 0.551. The minimum absolute atomic E-state index is 0.0305. The maximum atomic E-state index is 9.07. The molecule has 0 spiro atoms. The van der Waals surface area contributed by atoms with E-state index in [4.69, 9.17) is 20.6 Å². The molecule has 0 aliphatic heterocycles. The van der Waals surface area contributed by atoms with Gasteiger partial charge in [-0.05, 0) is 5.92 Å².